The molecule has 3 heteroatoms. The van der Waals surface area contributed by atoms with E-state index in [-0.39, 0.29) is 5.82 Å². The SMILES string of the molecule is CC(C)CNCC1(CN(C)c2ccccc2F)CCCC1. The molecule has 0 atom stereocenters. The van der Waals surface area contributed by atoms with E-state index in [1.165, 1.54) is 25.7 Å². The van der Waals surface area contributed by atoms with Crippen LogP contribution in [0.5, 0.6) is 0 Å². The fraction of sp³-hybridized carbons (Fsp3) is 0.667. The van der Waals surface area contributed by atoms with Gasteiger partial charge in [0.05, 0.1) is 5.69 Å². The zero-order chi connectivity index (χ0) is 15.3. The van der Waals surface area contributed by atoms with E-state index >= 15 is 0 Å². The second kappa shape index (κ2) is 7.26. The summed E-state index contributed by atoms with van der Waals surface area (Å²) < 4.78 is 13.9. The van der Waals surface area contributed by atoms with Gasteiger partial charge in [0.2, 0.25) is 0 Å². The Morgan fingerprint density at radius 3 is 2.52 bits per heavy atom. The summed E-state index contributed by atoms with van der Waals surface area (Å²) in [4.78, 5) is 2.09. The van der Waals surface area contributed by atoms with Gasteiger partial charge in [-0.3, -0.25) is 0 Å². The van der Waals surface area contributed by atoms with Crippen LogP contribution in [0.1, 0.15) is 39.5 Å². The van der Waals surface area contributed by atoms with E-state index in [0.717, 1.165) is 19.6 Å². The lowest BCUT2D eigenvalue weighted by Gasteiger charge is -2.35. The number of hydrogen-bond donors (Lipinski definition) is 1. The minimum Gasteiger partial charge on any atom is -0.372 e. The zero-order valence-electron chi connectivity index (χ0n) is 13.7. The van der Waals surface area contributed by atoms with Crippen LogP contribution in [0.3, 0.4) is 0 Å². The topological polar surface area (TPSA) is 15.3 Å². The molecule has 0 saturated heterocycles. The van der Waals surface area contributed by atoms with Gasteiger partial charge in [-0.05, 0) is 37.4 Å². The first kappa shape index (κ1) is 16.3. The Hall–Kier alpha value is -1.09. The molecule has 2 nitrogen and oxygen atoms in total. The number of rotatable bonds is 7. The van der Waals surface area contributed by atoms with Crippen molar-refractivity contribution in [1.29, 1.82) is 0 Å². The molecule has 1 aliphatic rings. The van der Waals surface area contributed by atoms with E-state index < -0.39 is 0 Å². The van der Waals surface area contributed by atoms with Gasteiger partial charge in [-0.15, -0.1) is 0 Å². The van der Waals surface area contributed by atoms with Crippen LogP contribution in [0.15, 0.2) is 24.3 Å². The summed E-state index contributed by atoms with van der Waals surface area (Å²) in [6, 6.07) is 7.08. The van der Waals surface area contributed by atoms with Gasteiger partial charge >= 0.3 is 0 Å². The highest BCUT2D eigenvalue weighted by Crippen LogP contribution is 2.39. The van der Waals surface area contributed by atoms with Crippen LogP contribution >= 0.6 is 0 Å². The molecule has 0 unspecified atom stereocenters. The lowest BCUT2D eigenvalue weighted by Crippen LogP contribution is -2.42. The standard InChI is InChI=1S/C18H29FN2/c1-15(2)12-20-13-18(10-6-7-11-18)14-21(3)17-9-5-4-8-16(17)19/h4-5,8-9,15,20H,6-7,10-14H2,1-3H3. The molecule has 1 saturated carbocycles. The number of hydrogen-bond acceptors (Lipinski definition) is 2. The third-order valence-electron chi connectivity index (χ3n) is 4.55. The molecule has 0 heterocycles. The summed E-state index contributed by atoms with van der Waals surface area (Å²) >= 11 is 0. The van der Waals surface area contributed by atoms with E-state index in [1.807, 2.05) is 19.2 Å². The van der Waals surface area contributed by atoms with Crippen molar-refractivity contribution in [2.75, 3.05) is 31.6 Å². The molecule has 1 aromatic rings. The highest BCUT2D eigenvalue weighted by atomic mass is 19.1. The van der Waals surface area contributed by atoms with Crippen LogP contribution < -0.4 is 10.2 Å². The lowest BCUT2D eigenvalue weighted by molar-refractivity contribution is 0.281. The molecule has 1 aromatic carbocycles. The van der Waals surface area contributed by atoms with Gasteiger partial charge < -0.3 is 10.2 Å². The van der Waals surface area contributed by atoms with Gasteiger partial charge in [-0.25, -0.2) is 4.39 Å². The summed E-state index contributed by atoms with van der Waals surface area (Å²) in [5, 5.41) is 3.62. The van der Waals surface area contributed by atoms with Gasteiger partial charge in [-0.1, -0.05) is 38.8 Å². The van der Waals surface area contributed by atoms with Crippen LogP contribution in [0, 0.1) is 17.2 Å². The third-order valence-corrected chi connectivity index (χ3v) is 4.55. The van der Waals surface area contributed by atoms with Crippen molar-refractivity contribution >= 4 is 5.69 Å². The third kappa shape index (κ3) is 4.44. The fourth-order valence-corrected chi connectivity index (χ4v) is 3.49. The summed E-state index contributed by atoms with van der Waals surface area (Å²) in [6.07, 6.45) is 5.09. The number of halogens is 1. The van der Waals surface area contributed by atoms with Crippen molar-refractivity contribution in [2.24, 2.45) is 11.3 Å². The summed E-state index contributed by atoms with van der Waals surface area (Å²) in [6.45, 7) is 7.51. The largest absolute Gasteiger partial charge is 0.372 e. The monoisotopic (exact) mass is 292 g/mol. The van der Waals surface area contributed by atoms with Crippen molar-refractivity contribution in [3.63, 3.8) is 0 Å². The minimum atomic E-state index is -0.122. The molecule has 118 valence electrons. The maximum absolute atomic E-state index is 13.9. The maximum Gasteiger partial charge on any atom is 0.146 e. The zero-order valence-corrected chi connectivity index (χ0v) is 13.7. The first-order chi connectivity index (χ1) is 10.0. The molecule has 2 rings (SSSR count). The van der Waals surface area contributed by atoms with Crippen molar-refractivity contribution in [2.45, 2.75) is 39.5 Å². The summed E-state index contributed by atoms with van der Waals surface area (Å²) in [7, 11) is 2.01. The molecule has 0 aliphatic heterocycles. The van der Waals surface area contributed by atoms with Crippen LogP contribution in [-0.4, -0.2) is 26.7 Å². The predicted octanol–water partition coefficient (Wildman–Crippen LogP) is 4.07. The number of nitrogens with one attached hydrogen (secondary N) is 1. The highest BCUT2D eigenvalue weighted by Gasteiger charge is 2.35. The molecule has 0 radical (unpaired) electrons. The average molecular weight is 292 g/mol. The quantitative estimate of drug-likeness (QED) is 0.815. The first-order valence-electron chi connectivity index (χ1n) is 8.19. The molecular formula is C18H29FN2. The average Bonchev–Trinajstić information content (AvgIpc) is 2.87. The molecular weight excluding hydrogens is 263 g/mol. The van der Waals surface area contributed by atoms with Crippen molar-refractivity contribution < 1.29 is 4.39 Å². The molecule has 0 bridgehead atoms. The van der Waals surface area contributed by atoms with E-state index in [2.05, 4.69) is 24.1 Å². The van der Waals surface area contributed by atoms with Gasteiger partial charge in [0.1, 0.15) is 5.82 Å². The van der Waals surface area contributed by atoms with Gasteiger partial charge in [0.25, 0.3) is 0 Å². The van der Waals surface area contributed by atoms with E-state index in [0.29, 0.717) is 17.0 Å². The molecule has 1 fully saturated rings. The summed E-state index contributed by atoms with van der Waals surface area (Å²) in [5.41, 5.74) is 1.01. The van der Waals surface area contributed by atoms with Crippen LogP contribution in [0.2, 0.25) is 0 Å². The Labute approximate surface area is 128 Å². The maximum atomic E-state index is 13.9. The normalized spacial score (nSPS) is 17.4. The van der Waals surface area contributed by atoms with Gasteiger partial charge in [-0.2, -0.15) is 0 Å². The van der Waals surface area contributed by atoms with Crippen LogP contribution in [0.25, 0.3) is 0 Å². The van der Waals surface area contributed by atoms with E-state index in [1.54, 1.807) is 12.1 Å². The Balaban J connectivity index is 2.00. The molecule has 1 aliphatic carbocycles. The number of anilines is 1. The molecule has 0 amide bonds. The van der Waals surface area contributed by atoms with Gasteiger partial charge in [0, 0.05) is 25.6 Å². The highest BCUT2D eigenvalue weighted by molar-refractivity contribution is 5.47. The van der Waals surface area contributed by atoms with E-state index in [9.17, 15) is 4.39 Å². The molecule has 1 N–H and O–H groups in total. The van der Waals surface area contributed by atoms with Crippen molar-refractivity contribution in [1.82, 2.24) is 5.32 Å². The lowest BCUT2D eigenvalue weighted by atomic mass is 9.85. The second-order valence-electron chi connectivity index (χ2n) is 7.04. The summed E-state index contributed by atoms with van der Waals surface area (Å²) in [5.74, 6) is 0.552. The Kier molecular flexibility index (Phi) is 5.63. The molecule has 21 heavy (non-hydrogen) atoms. The minimum absolute atomic E-state index is 0.122. The smallest absolute Gasteiger partial charge is 0.146 e. The Morgan fingerprint density at radius 2 is 1.90 bits per heavy atom. The number of nitrogens with zero attached hydrogens (tertiary/aromatic N) is 1. The molecule has 0 spiro atoms. The van der Waals surface area contributed by atoms with Crippen LogP contribution in [-0.2, 0) is 0 Å². The number of para-hydroxylation sites is 1. The predicted molar refractivity (Wildman–Crippen MR) is 88.3 cm³/mol. The first-order valence-corrected chi connectivity index (χ1v) is 8.19. The second-order valence-corrected chi connectivity index (χ2v) is 7.04. The van der Waals surface area contributed by atoms with Crippen LogP contribution in [0.4, 0.5) is 10.1 Å². The molecule has 0 aromatic heterocycles. The van der Waals surface area contributed by atoms with E-state index in [4.69, 9.17) is 0 Å². The fourth-order valence-electron chi connectivity index (χ4n) is 3.49. The van der Waals surface area contributed by atoms with Crippen molar-refractivity contribution in [3.8, 4) is 0 Å². The number of benzene rings is 1. The Morgan fingerprint density at radius 1 is 1.24 bits per heavy atom. The van der Waals surface area contributed by atoms with Crippen molar-refractivity contribution in [3.05, 3.63) is 30.1 Å². The Bertz CT molecular complexity index is 439. The van der Waals surface area contributed by atoms with Gasteiger partial charge in [0.15, 0.2) is 0 Å².